The number of aliphatic hydroxyl groups is 2. The molecule has 2 heterocycles. The first-order chi connectivity index (χ1) is 9.85. The highest BCUT2D eigenvalue weighted by Crippen LogP contribution is 2.29. The minimum absolute atomic E-state index is 0.0654. The molecule has 0 bridgehead atoms. The monoisotopic (exact) mass is 300 g/mol. The van der Waals surface area contributed by atoms with E-state index in [1.54, 1.807) is 6.92 Å². The molecule has 0 spiro atoms. The van der Waals surface area contributed by atoms with Crippen LogP contribution in [0.3, 0.4) is 0 Å². The molecule has 1 saturated heterocycles. The summed E-state index contributed by atoms with van der Waals surface area (Å²) >= 11 is 0. The van der Waals surface area contributed by atoms with Gasteiger partial charge in [0.1, 0.15) is 12.3 Å². The third-order valence-electron chi connectivity index (χ3n) is 3.43. The largest absolute Gasteiger partial charge is 0.479 e. The first kappa shape index (κ1) is 15.4. The molecule has 116 valence electrons. The molecule has 4 atom stereocenters. The number of hydrogen-bond acceptors (Lipinski definition) is 6. The zero-order chi connectivity index (χ0) is 15.7. The van der Waals surface area contributed by atoms with Crippen LogP contribution in [0.5, 0.6) is 0 Å². The number of nitrogens with one attached hydrogen (secondary N) is 1. The summed E-state index contributed by atoms with van der Waals surface area (Å²) in [5, 5.41) is 28.0. The third kappa shape index (κ3) is 2.89. The molecule has 1 aliphatic heterocycles. The fourth-order valence-electron chi connectivity index (χ4n) is 2.27. The number of aryl methyl sites for hydroxylation is 1. The van der Waals surface area contributed by atoms with Crippen molar-refractivity contribution in [3.63, 3.8) is 0 Å². The smallest absolute Gasteiger partial charge is 0.335 e. The van der Waals surface area contributed by atoms with Crippen molar-refractivity contribution in [1.82, 2.24) is 9.55 Å². The second-order valence-corrected chi connectivity index (χ2v) is 4.82. The van der Waals surface area contributed by atoms with Gasteiger partial charge >= 0.3 is 11.7 Å². The van der Waals surface area contributed by atoms with Crippen molar-refractivity contribution in [3.8, 4) is 0 Å². The molecule has 0 aliphatic carbocycles. The van der Waals surface area contributed by atoms with Gasteiger partial charge in [-0.1, -0.05) is 6.92 Å². The first-order valence-corrected chi connectivity index (χ1v) is 6.43. The Morgan fingerprint density at radius 2 is 2.24 bits per heavy atom. The van der Waals surface area contributed by atoms with Crippen LogP contribution < -0.4 is 11.2 Å². The lowest BCUT2D eigenvalue weighted by atomic mass is 10.1. The van der Waals surface area contributed by atoms with Crippen molar-refractivity contribution in [2.45, 2.75) is 44.3 Å². The van der Waals surface area contributed by atoms with Gasteiger partial charge in [0.2, 0.25) is 0 Å². The third-order valence-corrected chi connectivity index (χ3v) is 3.43. The minimum atomic E-state index is -1.89. The molecule has 9 heteroatoms. The van der Waals surface area contributed by atoms with E-state index in [0.717, 1.165) is 4.57 Å². The van der Waals surface area contributed by atoms with Gasteiger partial charge in [0, 0.05) is 18.2 Å². The Balaban J connectivity index is 2.31. The standard InChI is InChI=1S/C12H16N2O7/c1-2-5-4-14(12(20)13-10(5)17)7-3-6(15)9(21-7)8(16)11(18)19/h4,6-9,15-16H,2-3H2,1H3,(H,18,19)(H,13,17,20)/t6?,7-,8?,9+/m0/s1. The van der Waals surface area contributed by atoms with Gasteiger partial charge in [0.05, 0.1) is 6.10 Å². The number of carboxylic acid groups (broad SMARTS) is 1. The Morgan fingerprint density at radius 3 is 2.81 bits per heavy atom. The van der Waals surface area contributed by atoms with E-state index in [-0.39, 0.29) is 6.42 Å². The molecule has 1 aromatic rings. The van der Waals surface area contributed by atoms with Crippen LogP contribution in [0, 0.1) is 0 Å². The molecule has 2 rings (SSSR count). The minimum Gasteiger partial charge on any atom is -0.479 e. The molecule has 9 nitrogen and oxygen atoms in total. The van der Waals surface area contributed by atoms with Crippen LogP contribution in [0.25, 0.3) is 0 Å². The normalized spacial score (nSPS) is 26.7. The second-order valence-electron chi connectivity index (χ2n) is 4.82. The zero-order valence-electron chi connectivity index (χ0n) is 11.2. The van der Waals surface area contributed by atoms with Crippen molar-refractivity contribution in [3.05, 3.63) is 32.6 Å². The van der Waals surface area contributed by atoms with Crippen molar-refractivity contribution in [1.29, 1.82) is 0 Å². The lowest BCUT2D eigenvalue weighted by Gasteiger charge is -2.18. The van der Waals surface area contributed by atoms with Gasteiger partial charge in [-0.3, -0.25) is 14.3 Å². The van der Waals surface area contributed by atoms with Gasteiger partial charge < -0.3 is 20.1 Å². The number of rotatable bonds is 4. The lowest BCUT2D eigenvalue weighted by Crippen LogP contribution is -2.40. The topological polar surface area (TPSA) is 142 Å². The first-order valence-electron chi connectivity index (χ1n) is 6.43. The Hall–Kier alpha value is -1.97. The van der Waals surface area contributed by atoms with Crippen molar-refractivity contribution < 1.29 is 24.9 Å². The van der Waals surface area contributed by atoms with Crippen LogP contribution in [0.1, 0.15) is 25.1 Å². The Bertz CT molecular complexity index is 650. The van der Waals surface area contributed by atoms with E-state index >= 15 is 0 Å². The van der Waals surface area contributed by atoms with E-state index in [1.807, 2.05) is 0 Å². The maximum absolute atomic E-state index is 11.8. The molecule has 1 aromatic heterocycles. The number of aromatic nitrogens is 2. The second kappa shape index (κ2) is 5.80. The zero-order valence-corrected chi connectivity index (χ0v) is 11.2. The summed E-state index contributed by atoms with van der Waals surface area (Å²) in [6.45, 7) is 1.74. The Labute approximate surface area is 118 Å². The van der Waals surface area contributed by atoms with E-state index in [0.29, 0.717) is 12.0 Å². The fraction of sp³-hybridized carbons (Fsp3) is 0.583. The van der Waals surface area contributed by atoms with E-state index in [9.17, 15) is 24.6 Å². The van der Waals surface area contributed by atoms with Gasteiger partial charge in [-0.25, -0.2) is 9.59 Å². The molecule has 0 amide bonds. The lowest BCUT2D eigenvalue weighted by molar-refractivity contribution is -0.160. The maximum Gasteiger partial charge on any atom is 0.335 e. The molecule has 0 saturated carbocycles. The molecule has 1 fully saturated rings. The summed E-state index contributed by atoms with van der Waals surface area (Å²) in [4.78, 5) is 36.1. The molecule has 0 aromatic carbocycles. The number of aliphatic hydroxyl groups excluding tert-OH is 2. The van der Waals surface area contributed by atoms with Crippen LogP contribution in [-0.4, -0.2) is 49.2 Å². The summed E-state index contributed by atoms with van der Waals surface area (Å²) < 4.78 is 6.34. The summed E-state index contributed by atoms with van der Waals surface area (Å²) in [7, 11) is 0. The van der Waals surface area contributed by atoms with Gasteiger partial charge in [0.25, 0.3) is 5.56 Å². The number of ether oxygens (including phenoxy) is 1. The molecule has 21 heavy (non-hydrogen) atoms. The quantitative estimate of drug-likeness (QED) is 0.513. The number of carbonyl (C=O) groups is 1. The van der Waals surface area contributed by atoms with Crippen LogP contribution in [0.4, 0.5) is 0 Å². The van der Waals surface area contributed by atoms with E-state index in [2.05, 4.69) is 4.98 Å². The molecular weight excluding hydrogens is 284 g/mol. The molecule has 0 radical (unpaired) electrons. The molecular formula is C12H16N2O7. The van der Waals surface area contributed by atoms with Crippen molar-refractivity contribution >= 4 is 5.97 Å². The number of aromatic amines is 1. The molecule has 4 N–H and O–H groups in total. The highest BCUT2D eigenvalue weighted by molar-refractivity contribution is 5.72. The highest BCUT2D eigenvalue weighted by Gasteiger charge is 2.42. The fourth-order valence-corrected chi connectivity index (χ4v) is 2.27. The van der Waals surface area contributed by atoms with Crippen LogP contribution in [0.15, 0.2) is 15.8 Å². The highest BCUT2D eigenvalue weighted by atomic mass is 16.5. The number of carboxylic acids is 1. The average Bonchev–Trinajstić information content (AvgIpc) is 2.79. The van der Waals surface area contributed by atoms with Crippen LogP contribution in [0.2, 0.25) is 0 Å². The van der Waals surface area contributed by atoms with E-state index in [1.165, 1.54) is 6.20 Å². The Morgan fingerprint density at radius 1 is 1.57 bits per heavy atom. The predicted octanol–water partition coefficient (Wildman–Crippen LogP) is -1.81. The van der Waals surface area contributed by atoms with Crippen LogP contribution in [-0.2, 0) is 16.0 Å². The van der Waals surface area contributed by atoms with Crippen molar-refractivity contribution in [2.75, 3.05) is 0 Å². The van der Waals surface area contributed by atoms with Gasteiger partial charge in [0.15, 0.2) is 6.10 Å². The van der Waals surface area contributed by atoms with Gasteiger partial charge in [-0.15, -0.1) is 0 Å². The average molecular weight is 300 g/mol. The number of aliphatic carboxylic acids is 1. The Kier molecular flexibility index (Phi) is 4.26. The molecule has 2 unspecified atom stereocenters. The summed E-state index contributed by atoms with van der Waals surface area (Å²) in [6, 6.07) is 0. The number of nitrogens with zero attached hydrogens (tertiary/aromatic N) is 1. The maximum atomic E-state index is 11.8. The molecule has 1 aliphatic rings. The summed E-state index contributed by atoms with van der Waals surface area (Å²) in [6.07, 6.45) is -3.77. The van der Waals surface area contributed by atoms with Gasteiger partial charge in [-0.05, 0) is 6.42 Å². The van der Waals surface area contributed by atoms with E-state index in [4.69, 9.17) is 9.84 Å². The number of hydrogen-bond donors (Lipinski definition) is 4. The summed E-state index contributed by atoms with van der Waals surface area (Å²) in [5.41, 5.74) is -0.866. The van der Waals surface area contributed by atoms with Crippen molar-refractivity contribution in [2.24, 2.45) is 0 Å². The van der Waals surface area contributed by atoms with E-state index < -0.39 is 41.8 Å². The van der Waals surface area contributed by atoms with Gasteiger partial charge in [-0.2, -0.15) is 0 Å². The number of H-pyrrole nitrogens is 1. The van der Waals surface area contributed by atoms with Crippen LogP contribution >= 0.6 is 0 Å². The summed E-state index contributed by atoms with van der Waals surface area (Å²) in [5.74, 6) is -1.53. The SMILES string of the molecule is CCc1cn([C@@H]2CC(O)[C@H](C(O)C(=O)O)O2)c(=O)[nH]c1=O. The predicted molar refractivity (Wildman–Crippen MR) is 68.9 cm³/mol.